The number of piperazine rings is 1. The molecule has 2 N–H and O–H groups in total. The molecule has 0 saturated carbocycles. The zero-order valence-electron chi connectivity index (χ0n) is 17.8. The number of rotatable bonds is 7. The zero-order valence-corrected chi connectivity index (χ0v) is 20.1. The van der Waals surface area contributed by atoms with E-state index >= 15 is 0 Å². The van der Waals surface area contributed by atoms with Gasteiger partial charge in [-0.2, -0.15) is 0 Å². The van der Waals surface area contributed by atoms with Gasteiger partial charge in [0, 0.05) is 58.9 Å². The van der Waals surface area contributed by atoms with Gasteiger partial charge >= 0.3 is 0 Å². The van der Waals surface area contributed by atoms with Crippen LogP contribution in [0.15, 0.2) is 53.7 Å². The summed E-state index contributed by atoms with van der Waals surface area (Å²) >= 11 is 0. The molecule has 1 fully saturated rings. The number of pyridine rings is 1. The van der Waals surface area contributed by atoms with Crippen molar-refractivity contribution >= 4 is 41.7 Å². The summed E-state index contributed by atoms with van der Waals surface area (Å²) in [5, 5.41) is 6.40. The van der Waals surface area contributed by atoms with Crippen molar-refractivity contribution in [1.29, 1.82) is 0 Å². The standard InChI is InChI=1S/C22H29FN6O.HI/c1-24-22(26-12-9-18-5-7-19(23)8-6-18)27-13-10-21(30)29-16-14-28(15-17-29)20-4-2-3-11-25-20;/h2-8,11H,9-10,12-17H2,1H3,(H2,24,26,27);1H. The number of guanidine groups is 1. The van der Waals surface area contributed by atoms with Crippen LogP contribution < -0.4 is 15.5 Å². The molecule has 0 radical (unpaired) electrons. The summed E-state index contributed by atoms with van der Waals surface area (Å²) in [7, 11) is 1.70. The Labute approximate surface area is 200 Å². The third-order valence-corrected chi connectivity index (χ3v) is 5.08. The first kappa shape index (κ1) is 24.8. The van der Waals surface area contributed by atoms with E-state index in [0.717, 1.165) is 30.9 Å². The Morgan fingerprint density at radius 1 is 1.06 bits per heavy atom. The molecule has 0 spiro atoms. The third-order valence-electron chi connectivity index (χ3n) is 5.08. The van der Waals surface area contributed by atoms with Gasteiger partial charge in [0.2, 0.25) is 5.91 Å². The van der Waals surface area contributed by atoms with Gasteiger partial charge in [-0.3, -0.25) is 9.79 Å². The van der Waals surface area contributed by atoms with Crippen molar-refractivity contribution in [3.05, 3.63) is 60.0 Å². The van der Waals surface area contributed by atoms with Gasteiger partial charge in [0.15, 0.2) is 5.96 Å². The smallest absolute Gasteiger partial charge is 0.224 e. The summed E-state index contributed by atoms with van der Waals surface area (Å²) in [6.07, 6.45) is 2.97. The molecule has 1 aromatic carbocycles. The number of hydrogen-bond acceptors (Lipinski definition) is 4. The molecule has 1 aliphatic heterocycles. The zero-order chi connectivity index (χ0) is 21.2. The van der Waals surface area contributed by atoms with Gasteiger partial charge in [-0.15, -0.1) is 24.0 Å². The van der Waals surface area contributed by atoms with Crippen LogP contribution >= 0.6 is 24.0 Å². The summed E-state index contributed by atoms with van der Waals surface area (Å²) in [6.45, 7) is 4.20. The molecule has 31 heavy (non-hydrogen) atoms. The van der Waals surface area contributed by atoms with Gasteiger partial charge in [-0.1, -0.05) is 18.2 Å². The number of halogens is 2. The van der Waals surface area contributed by atoms with E-state index in [9.17, 15) is 9.18 Å². The lowest BCUT2D eigenvalue weighted by atomic mass is 10.1. The van der Waals surface area contributed by atoms with Gasteiger partial charge < -0.3 is 20.4 Å². The third kappa shape index (κ3) is 7.97. The topological polar surface area (TPSA) is 72.9 Å². The van der Waals surface area contributed by atoms with Gasteiger partial charge in [0.05, 0.1) is 0 Å². The van der Waals surface area contributed by atoms with Crippen LogP contribution in [0.3, 0.4) is 0 Å². The molecule has 1 saturated heterocycles. The number of amides is 1. The van der Waals surface area contributed by atoms with Crippen molar-refractivity contribution in [2.45, 2.75) is 12.8 Å². The lowest BCUT2D eigenvalue weighted by Crippen LogP contribution is -2.49. The van der Waals surface area contributed by atoms with E-state index in [4.69, 9.17) is 0 Å². The molecule has 0 bridgehead atoms. The minimum absolute atomic E-state index is 0. The Hall–Kier alpha value is -2.43. The summed E-state index contributed by atoms with van der Waals surface area (Å²) in [5.41, 5.74) is 1.05. The molecule has 0 unspecified atom stereocenters. The predicted octanol–water partition coefficient (Wildman–Crippen LogP) is 2.29. The number of hydrogen-bond donors (Lipinski definition) is 2. The minimum Gasteiger partial charge on any atom is -0.356 e. The molecule has 2 aromatic rings. The maximum absolute atomic E-state index is 12.9. The summed E-state index contributed by atoms with van der Waals surface area (Å²) < 4.78 is 12.9. The summed E-state index contributed by atoms with van der Waals surface area (Å²) in [5.74, 6) is 1.53. The van der Waals surface area contributed by atoms with Crippen LogP contribution in [0.25, 0.3) is 0 Å². The molecule has 1 aromatic heterocycles. The number of carbonyl (C=O) groups is 1. The van der Waals surface area contributed by atoms with Gasteiger partial charge in [-0.25, -0.2) is 9.37 Å². The molecule has 2 heterocycles. The highest BCUT2D eigenvalue weighted by atomic mass is 127. The maximum Gasteiger partial charge on any atom is 0.224 e. The van der Waals surface area contributed by atoms with Crippen molar-refractivity contribution in [2.75, 3.05) is 51.2 Å². The molecular formula is C22H30FIN6O. The molecule has 9 heteroatoms. The molecular weight excluding hydrogens is 510 g/mol. The first-order valence-corrected chi connectivity index (χ1v) is 10.3. The highest BCUT2D eigenvalue weighted by molar-refractivity contribution is 14.0. The lowest BCUT2D eigenvalue weighted by Gasteiger charge is -2.35. The van der Waals surface area contributed by atoms with Crippen molar-refractivity contribution in [3.63, 3.8) is 0 Å². The highest BCUT2D eigenvalue weighted by Crippen LogP contribution is 2.12. The number of nitrogens with zero attached hydrogens (tertiary/aromatic N) is 4. The summed E-state index contributed by atoms with van der Waals surface area (Å²) in [6, 6.07) is 12.4. The van der Waals surface area contributed by atoms with Crippen LogP contribution in [-0.4, -0.2) is 68.1 Å². The molecule has 1 amide bonds. The molecule has 0 atom stereocenters. The Kier molecular flexibility index (Phi) is 10.5. The van der Waals surface area contributed by atoms with E-state index in [1.807, 2.05) is 23.1 Å². The van der Waals surface area contributed by atoms with Crippen LogP contribution in [0.1, 0.15) is 12.0 Å². The van der Waals surface area contributed by atoms with Crippen LogP contribution in [-0.2, 0) is 11.2 Å². The number of benzene rings is 1. The second-order valence-corrected chi connectivity index (χ2v) is 7.11. The molecule has 0 aliphatic carbocycles. The quantitative estimate of drug-likeness (QED) is 0.321. The Balaban J connectivity index is 0.00000341. The van der Waals surface area contributed by atoms with Crippen LogP contribution in [0.5, 0.6) is 0 Å². The van der Waals surface area contributed by atoms with E-state index in [1.165, 1.54) is 12.1 Å². The number of anilines is 1. The largest absolute Gasteiger partial charge is 0.356 e. The second-order valence-electron chi connectivity index (χ2n) is 7.11. The van der Waals surface area contributed by atoms with Gasteiger partial charge in [-0.05, 0) is 36.2 Å². The first-order valence-electron chi connectivity index (χ1n) is 10.3. The lowest BCUT2D eigenvalue weighted by molar-refractivity contribution is -0.131. The Bertz CT molecular complexity index is 826. The van der Waals surface area contributed by atoms with Crippen LogP contribution in [0.4, 0.5) is 10.2 Å². The van der Waals surface area contributed by atoms with Crippen molar-refractivity contribution in [3.8, 4) is 0 Å². The normalized spacial score (nSPS) is 14.1. The second kappa shape index (κ2) is 13.1. The summed E-state index contributed by atoms with van der Waals surface area (Å²) in [4.78, 5) is 25.2. The number of carbonyl (C=O) groups excluding carboxylic acids is 1. The average molecular weight is 540 g/mol. The van der Waals surface area contributed by atoms with E-state index < -0.39 is 0 Å². The van der Waals surface area contributed by atoms with E-state index in [1.54, 1.807) is 25.4 Å². The van der Waals surface area contributed by atoms with Gasteiger partial charge in [0.1, 0.15) is 11.6 Å². The SMILES string of the molecule is CN=C(NCCC(=O)N1CCN(c2ccccn2)CC1)NCCc1ccc(F)cc1.I. The van der Waals surface area contributed by atoms with Crippen molar-refractivity contribution in [1.82, 2.24) is 20.5 Å². The first-order chi connectivity index (χ1) is 14.7. The van der Waals surface area contributed by atoms with Crippen molar-refractivity contribution in [2.24, 2.45) is 4.99 Å². The fraction of sp³-hybridized carbons (Fsp3) is 0.409. The highest BCUT2D eigenvalue weighted by Gasteiger charge is 2.21. The van der Waals surface area contributed by atoms with Crippen LogP contribution in [0, 0.1) is 5.82 Å². The number of nitrogens with one attached hydrogen (secondary N) is 2. The molecule has 3 rings (SSSR count). The fourth-order valence-corrected chi connectivity index (χ4v) is 3.37. The maximum atomic E-state index is 12.9. The molecule has 7 nitrogen and oxygen atoms in total. The van der Waals surface area contributed by atoms with E-state index in [2.05, 4.69) is 25.5 Å². The average Bonchev–Trinajstić information content (AvgIpc) is 2.80. The molecule has 1 aliphatic rings. The number of aromatic nitrogens is 1. The predicted molar refractivity (Wildman–Crippen MR) is 133 cm³/mol. The van der Waals surface area contributed by atoms with Gasteiger partial charge in [0.25, 0.3) is 0 Å². The Morgan fingerprint density at radius 3 is 2.42 bits per heavy atom. The van der Waals surface area contributed by atoms with E-state index in [-0.39, 0.29) is 35.7 Å². The Morgan fingerprint density at radius 2 is 1.77 bits per heavy atom. The molecule has 168 valence electrons. The minimum atomic E-state index is -0.230. The number of aliphatic imine (C=N–C) groups is 1. The monoisotopic (exact) mass is 540 g/mol. The van der Waals surface area contributed by atoms with Crippen molar-refractivity contribution < 1.29 is 9.18 Å². The van der Waals surface area contributed by atoms with Crippen LogP contribution in [0.2, 0.25) is 0 Å². The fourth-order valence-electron chi connectivity index (χ4n) is 3.37. The van der Waals surface area contributed by atoms with E-state index in [0.29, 0.717) is 38.6 Å².